The number of carbonyl (C=O) groups excluding carboxylic acids is 1. The Morgan fingerprint density at radius 1 is 1.19 bits per heavy atom. The molecular formula is C21H32N2O3. The Morgan fingerprint density at radius 3 is 2.46 bits per heavy atom. The molecule has 2 amide bonds. The smallest absolute Gasteiger partial charge is 0.318 e. The zero-order valence-corrected chi connectivity index (χ0v) is 16.3. The van der Waals surface area contributed by atoms with Crippen LogP contribution in [0.2, 0.25) is 0 Å². The van der Waals surface area contributed by atoms with Gasteiger partial charge in [0.15, 0.2) is 0 Å². The van der Waals surface area contributed by atoms with Gasteiger partial charge in [-0.05, 0) is 63.1 Å². The van der Waals surface area contributed by atoms with Gasteiger partial charge in [-0.1, -0.05) is 18.6 Å². The van der Waals surface area contributed by atoms with Crippen molar-refractivity contribution in [1.82, 2.24) is 10.2 Å². The normalized spacial score (nSPS) is 20.5. The Kier molecular flexibility index (Phi) is 6.07. The summed E-state index contributed by atoms with van der Waals surface area (Å²) in [5, 5.41) is 3.23. The van der Waals surface area contributed by atoms with E-state index in [1.54, 1.807) is 7.11 Å². The van der Waals surface area contributed by atoms with Crippen LogP contribution >= 0.6 is 0 Å². The van der Waals surface area contributed by atoms with Gasteiger partial charge < -0.3 is 19.7 Å². The molecule has 1 saturated carbocycles. The van der Waals surface area contributed by atoms with Crippen molar-refractivity contribution in [2.75, 3.05) is 26.8 Å². The van der Waals surface area contributed by atoms with Crippen LogP contribution in [0.4, 0.5) is 4.79 Å². The van der Waals surface area contributed by atoms with Gasteiger partial charge in [0, 0.05) is 19.7 Å². The van der Waals surface area contributed by atoms with Crippen molar-refractivity contribution >= 4 is 6.03 Å². The number of methoxy groups -OCH3 is 1. The van der Waals surface area contributed by atoms with Crippen molar-refractivity contribution in [3.05, 3.63) is 29.8 Å². The third kappa shape index (κ3) is 4.70. The summed E-state index contributed by atoms with van der Waals surface area (Å²) in [4.78, 5) is 15.0. The highest BCUT2D eigenvalue weighted by Crippen LogP contribution is 2.28. The van der Waals surface area contributed by atoms with E-state index in [9.17, 15) is 4.79 Å². The first-order valence-electron chi connectivity index (χ1n) is 9.81. The lowest BCUT2D eigenvalue weighted by atomic mass is 9.85. The first-order chi connectivity index (χ1) is 12.5. The second kappa shape index (κ2) is 8.30. The summed E-state index contributed by atoms with van der Waals surface area (Å²) in [6, 6.07) is 7.89. The fourth-order valence-electron chi connectivity index (χ4n) is 3.69. The molecule has 0 unspecified atom stereocenters. The van der Waals surface area contributed by atoms with Crippen molar-refractivity contribution in [2.45, 2.75) is 57.6 Å². The topological polar surface area (TPSA) is 50.8 Å². The summed E-state index contributed by atoms with van der Waals surface area (Å²) in [7, 11) is 1.66. The molecule has 0 aromatic heterocycles. The number of amides is 2. The van der Waals surface area contributed by atoms with E-state index in [2.05, 4.69) is 5.32 Å². The lowest BCUT2D eigenvalue weighted by molar-refractivity contribution is 0.0704. The predicted octanol–water partition coefficient (Wildman–Crippen LogP) is 3.92. The van der Waals surface area contributed by atoms with Crippen molar-refractivity contribution in [2.24, 2.45) is 5.92 Å². The van der Waals surface area contributed by atoms with Crippen LogP contribution in [0.15, 0.2) is 24.3 Å². The molecule has 1 saturated heterocycles. The second-order valence-corrected chi connectivity index (χ2v) is 8.12. The van der Waals surface area contributed by atoms with E-state index < -0.39 is 5.54 Å². The molecule has 1 N–H and O–H groups in total. The maximum Gasteiger partial charge on any atom is 0.318 e. The van der Waals surface area contributed by atoms with Crippen molar-refractivity contribution in [1.29, 1.82) is 0 Å². The van der Waals surface area contributed by atoms with Gasteiger partial charge in [-0.3, -0.25) is 0 Å². The summed E-state index contributed by atoms with van der Waals surface area (Å²) >= 11 is 0. The summed E-state index contributed by atoms with van der Waals surface area (Å²) in [5.41, 5.74) is 0.616. The third-order valence-electron chi connectivity index (χ3n) is 5.67. The minimum absolute atomic E-state index is 0.00761. The van der Waals surface area contributed by atoms with Crippen molar-refractivity contribution < 1.29 is 14.3 Å². The number of hydrogen-bond acceptors (Lipinski definition) is 3. The van der Waals surface area contributed by atoms with Gasteiger partial charge in [0.05, 0.1) is 18.8 Å². The first kappa shape index (κ1) is 19.0. The Labute approximate surface area is 157 Å². The molecule has 1 aliphatic carbocycles. The minimum Gasteiger partial charge on any atom is -0.497 e. The molecule has 5 nitrogen and oxygen atoms in total. The van der Waals surface area contributed by atoms with Gasteiger partial charge in [-0.2, -0.15) is 0 Å². The highest BCUT2D eigenvalue weighted by atomic mass is 16.5. The molecule has 1 aliphatic heterocycles. The molecule has 2 fully saturated rings. The van der Waals surface area contributed by atoms with Gasteiger partial charge in [0.25, 0.3) is 0 Å². The molecule has 1 aromatic rings. The number of hydrogen-bond donors (Lipinski definition) is 1. The number of rotatable bonds is 7. The highest BCUT2D eigenvalue weighted by molar-refractivity contribution is 5.75. The molecule has 1 aromatic carbocycles. The predicted molar refractivity (Wildman–Crippen MR) is 102 cm³/mol. The minimum atomic E-state index is -0.447. The molecule has 1 heterocycles. The van der Waals surface area contributed by atoms with E-state index in [1.165, 1.54) is 19.3 Å². The highest BCUT2D eigenvalue weighted by Gasteiger charge is 2.30. The van der Waals surface area contributed by atoms with Crippen molar-refractivity contribution in [3.63, 3.8) is 0 Å². The van der Waals surface area contributed by atoms with Crippen LogP contribution in [0.1, 0.15) is 51.5 Å². The molecule has 0 bridgehead atoms. The van der Waals surface area contributed by atoms with E-state index in [0.717, 1.165) is 37.3 Å². The Bertz CT molecular complexity index is 590. The molecule has 26 heavy (non-hydrogen) atoms. The standard InChI is InChI=1S/C21H32N2O3/c1-21(2,17-9-11-18(25-3)12-10-17)22-20(24)23(14-16-6-4-7-16)15-19-8-5-13-26-19/h9-12,16,19H,4-8,13-15H2,1-3H3,(H,22,24)/t19-/m1/s1. The van der Waals surface area contributed by atoms with Crippen LogP contribution in [-0.4, -0.2) is 43.8 Å². The van der Waals surface area contributed by atoms with Crippen molar-refractivity contribution in [3.8, 4) is 5.75 Å². The summed E-state index contributed by atoms with van der Waals surface area (Å²) < 4.78 is 11.0. The Morgan fingerprint density at radius 2 is 1.92 bits per heavy atom. The quantitative estimate of drug-likeness (QED) is 0.802. The number of nitrogens with zero attached hydrogens (tertiary/aromatic N) is 1. The van der Waals surface area contributed by atoms with E-state index in [4.69, 9.17) is 9.47 Å². The Hall–Kier alpha value is -1.75. The average molecular weight is 360 g/mol. The molecule has 5 heteroatoms. The van der Waals surface area contributed by atoms with Gasteiger partial charge in [-0.25, -0.2) is 4.79 Å². The number of nitrogens with one attached hydrogen (secondary N) is 1. The zero-order valence-electron chi connectivity index (χ0n) is 16.3. The monoisotopic (exact) mass is 360 g/mol. The largest absolute Gasteiger partial charge is 0.497 e. The number of carbonyl (C=O) groups is 1. The van der Waals surface area contributed by atoms with E-state index >= 15 is 0 Å². The van der Waals surface area contributed by atoms with Crippen LogP contribution in [0.3, 0.4) is 0 Å². The van der Waals surface area contributed by atoms with Gasteiger partial charge in [-0.15, -0.1) is 0 Å². The summed E-state index contributed by atoms with van der Waals surface area (Å²) in [6.07, 6.45) is 6.09. The Balaban J connectivity index is 1.65. The van der Waals surface area contributed by atoms with Gasteiger partial charge in [0.1, 0.15) is 5.75 Å². The van der Waals surface area contributed by atoms with Crippen LogP contribution in [0.5, 0.6) is 5.75 Å². The lowest BCUT2D eigenvalue weighted by Crippen LogP contribution is -2.52. The fraction of sp³-hybridized carbons (Fsp3) is 0.667. The maximum absolute atomic E-state index is 13.1. The molecule has 1 atom stereocenters. The molecule has 3 rings (SSSR count). The van der Waals surface area contributed by atoms with E-state index in [1.807, 2.05) is 43.0 Å². The second-order valence-electron chi connectivity index (χ2n) is 8.12. The fourth-order valence-corrected chi connectivity index (χ4v) is 3.69. The maximum atomic E-state index is 13.1. The number of urea groups is 1. The molecule has 144 valence electrons. The molecule has 2 aliphatic rings. The van der Waals surface area contributed by atoms with Crippen LogP contribution < -0.4 is 10.1 Å². The number of benzene rings is 1. The summed E-state index contributed by atoms with van der Waals surface area (Å²) in [5.74, 6) is 1.46. The summed E-state index contributed by atoms with van der Waals surface area (Å²) in [6.45, 7) is 6.44. The molecule has 0 spiro atoms. The first-order valence-corrected chi connectivity index (χ1v) is 9.81. The lowest BCUT2D eigenvalue weighted by Gasteiger charge is -2.36. The molecule has 0 radical (unpaired) electrons. The van der Waals surface area contributed by atoms with Crippen LogP contribution in [0.25, 0.3) is 0 Å². The van der Waals surface area contributed by atoms with E-state index in [0.29, 0.717) is 12.5 Å². The van der Waals surface area contributed by atoms with Crippen LogP contribution in [0, 0.1) is 5.92 Å². The van der Waals surface area contributed by atoms with Crippen LogP contribution in [-0.2, 0) is 10.3 Å². The third-order valence-corrected chi connectivity index (χ3v) is 5.67. The average Bonchev–Trinajstić information content (AvgIpc) is 3.09. The zero-order chi connectivity index (χ0) is 18.6. The SMILES string of the molecule is COc1ccc(C(C)(C)NC(=O)N(CC2CCC2)C[C@H]2CCCO2)cc1. The van der Waals surface area contributed by atoms with Gasteiger partial charge in [0.2, 0.25) is 0 Å². The molecular weight excluding hydrogens is 328 g/mol. The number of ether oxygens (including phenoxy) is 2. The van der Waals surface area contributed by atoms with Gasteiger partial charge >= 0.3 is 6.03 Å². The van der Waals surface area contributed by atoms with E-state index in [-0.39, 0.29) is 12.1 Å².